The predicted molar refractivity (Wildman–Crippen MR) is 187 cm³/mol. The molecule has 11 nitrogen and oxygen atoms in total. The van der Waals surface area contributed by atoms with Crippen molar-refractivity contribution in [3.8, 4) is 5.75 Å². The van der Waals surface area contributed by atoms with Crippen molar-refractivity contribution < 1.29 is 47.1 Å². The summed E-state index contributed by atoms with van der Waals surface area (Å²) >= 11 is 1.92. The number of benzene rings is 1. The van der Waals surface area contributed by atoms with Crippen LogP contribution < -0.4 is 30.9 Å². The minimum atomic E-state index is -5.19. The van der Waals surface area contributed by atoms with Gasteiger partial charge in [0.25, 0.3) is 0 Å². The van der Waals surface area contributed by atoms with E-state index in [9.17, 15) is 32.7 Å². The Morgan fingerprint density at radius 2 is 1.39 bits per heavy atom. The number of unbranched alkanes of at least 4 members (excludes halogenated alkanes) is 5. The van der Waals surface area contributed by atoms with Crippen molar-refractivity contribution in [2.45, 2.75) is 101 Å². The molecular formula is C36H48F3N5O6S. The van der Waals surface area contributed by atoms with E-state index in [2.05, 4.69) is 56.4 Å². The smallest absolute Gasteiger partial charge is 0.430 e. The second-order valence-electron chi connectivity index (χ2n) is 12.5. The number of carbonyl (C=O) groups excluding carboxylic acids is 4. The van der Waals surface area contributed by atoms with Gasteiger partial charge in [0.05, 0.1) is 12.1 Å². The summed E-state index contributed by atoms with van der Waals surface area (Å²) in [5.74, 6) is -1.54. The van der Waals surface area contributed by atoms with Gasteiger partial charge in [0.1, 0.15) is 18.3 Å². The van der Waals surface area contributed by atoms with Crippen LogP contribution in [0.2, 0.25) is 0 Å². The zero-order valence-corrected chi connectivity index (χ0v) is 29.4. The van der Waals surface area contributed by atoms with Crippen LogP contribution in [-0.2, 0) is 20.9 Å². The van der Waals surface area contributed by atoms with Gasteiger partial charge in [0.2, 0.25) is 11.8 Å². The van der Waals surface area contributed by atoms with E-state index in [0.717, 1.165) is 81.2 Å². The number of carboxylic acids is 1. The Labute approximate surface area is 300 Å². The highest BCUT2D eigenvalue weighted by Gasteiger charge is 2.42. The van der Waals surface area contributed by atoms with Crippen LogP contribution in [0.25, 0.3) is 12.2 Å². The monoisotopic (exact) mass is 735 g/mol. The Bertz CT molecular complexity index is 1430. The van der Waals surface area contributed by atoms with Gasteiger partial charge in [-0.25, -0.2) is 9.36 Å². The van der Waals surface area contributed by atoms with E-state index >= 15 is 0 Å². The lowest BCUT2D eigenvalue weighted by Gasteiger charge is -2.16. The molecule has 280 valence electrons. The SMILES string of the molecule is O=C(CCCCC[n+]1ccc(/C=C/c2ccc(O)cc2)cc1)NCCCCCNC(=O)CCCCC1SCC2NC(=O)NC21.O=C([O-])C(F)(F)F. The quantitative estimate of drug-likeness (QED) is 0.0832. The minimum Gasteiger partial charge on any atom is -0.542 e. The normalized spacial score (nSPS) is 17.9. The number of hydrogen-bond acceptors (Lipinski definition) is 7. The van der Waals surface area contributed by atoms with Crippen molar-refractivity contribution in [2.24, 2.45) is 0 Å². The summed E-state index contributed by atoms with van der Waals surface area (Å²) in [6.45, 7) is 2.30. The number of phenolic OH excluding ortho intramolecular Hbond substituents is 1. The molecule has 1 aromatic carbocycles. The van der Waals surface area contributed by atoms with Gasteiger partial charge in [-0.2, -0.15) is 24.9 Å². The van der Waals surface area contributed by atoms with Gasteiger partial charge < -0.3 is 36.3 Å². The third-order valence-corrected chi connectivity index (χ3v) is 9.92. The zero-order chi connectivity index (χ0) is 37.1. The number of carboxylic acid groups (broad SMARTS) is 1. The average molecular weight is 736 g/mol. The minimum absolute atomic E-state index is 0.0507. The van der Waals surface area contributed by atoms with Crippen molar-refractivity contribution >= 4 is 47.7 Å². The molecule has 2 aliphatic heterocycles. The third kappa shape index (κ3) is 16.5. The van der Waals surface area contributed by atoms with Crippen molar-refractivity contribution in [1.82, 2.24) is 21.3 Å². The number of pyridine rings is 1. The molecule has 0 bridgehead atoms. The molecule has 3 heterocycles. The number of phenols is 1. The van der Waals surface area contributed by atoms with Gasteiger partial charge in [-0.05, 0) is 68.2 Å². The predicted octanol–water partition coefficient (Wildman–Crippen LogP) is 3.84. The maximum atomic E-state index is 12.1. The first kappa shape index (κ1) is 41.2. The van der Waals surface area contributed by atoms with Gasteiger partial charge in [-0.3, -0.25) is 9.59 Å². The summed E-state index contributed by atoms with van der Waals surface area (Å²) in [6.07, 6.45) is 12.8. The summed E-state index contributed by atoms with van der Waals surface area (Å²) in [7, 11) is 0. The standard InChI is InChI=1S/C34H47N5O4S.C2HF3O2/c40-28-16-14-26(15-17-28)12-13-27-18-23-39(24-19-27)22-8-1-3-10-31(41)35-20-6-2-7-21-36-32(42)11-5-4-9-30-33-29(25-44-30)37-34(43)38-33;3-2(4,5)1(6)7/h12-19,23-24,29-30,33H,1-11,20-22,25H2,(H4,35,36,37,38,41,42,43);(H,6,7). The van der Waals surface area contributed by atoms with Crippen LogP contribution in [0.3, 0.4) is 0 Å². The molecule has 2 aromatic rings. The van der Waals surface area contributed by atoms with Gasteiger partial charge in [0, 0.05) is 55.5 Å². The molecule has 0 aliphatic carbocycles. The van der Waals surface area contributed by atoms with E-state index in [-0.39, 0.29) is 35.7 Å². The van der Waals surface area contributed by atoms with E-state index in [0.29, 0.717) is 31.2 Å². The molecule has 2 fully saturated rings. The third-order valence-electron chi connectivity index (χ3n) is 8.41. The van der Waals surface area contributed by atoms with Gasteiger partial charge in [-0.1, -0.05) is 30.7 Å². The number of amides is 4. The number of thioether (sulfide) groups is 1. The Morgan fingerprint density at radius 3 is 1.98 bits per heavy atom. The number of aromatic nitrogens is 1. The van der Waals surface area contributed by atoms with Crippen molar-refractivity contribution in [2.75, 3.05) is 18.8 Å². The number of rotatable bonds is 19. The molecule has 4 amide bonds. The van der Waals surface area contributed by atoms with Crippen molar-refractivity contribution in [3.63, 3.8) is 0 Å². The summed E-state index contributed by atoms with van der Waals surface area (Å²) in [4.78, 5) is 44.5. The van der Waals surface area contributed by atoms with Gasteiger partial charge >= 0.3 is 12.2 Å². The van der Waals surface area contributed by atoms with E-state index in [1.165, 1.54) is 0 Å². The van der Waals surface area contributed by atoms with E-state index in [1.54, 1.807) is 12.1 Å². The average Bonchev–Trinajstić information content (AvgIpc) is 3.65. The number of halogens is 3. The van der Waals surface area contributed by atoms with Crippen LogP contribution >= 0.6 is 11.8 Å². The lowest BCUT2D eigenvalue weighted by Crippen LogP contribution is -2.37. The van der Waals surface area contributed by atoms with Crippen LogP contribution in [0.4, 0.5) is 18.0 Å². The number of hydrogen-bond donors (Lipinski definition) is 5. The highest BCUT2D eigenvalue weighted by molar-refractivity contribution is 8.00. The number of carbonyl (C=O) groups is 4. The van der Waals surface area contributed by atoms with E-state index < -0.39 is 12.1 Å². The van der Waals surface area contributed by atoms with Crippen molar-refractivity contribution in [3.05, 3.63) is 59.9 Å². The Hall–Kier alpha value is -4.27. The molecule has 1 aromatic heterocycles. The number of nitrogens with one attached hydrogen (secondary N) is 4. The molecule has 3 unspecified atom stereocenters. The molecule has 3 atom stereocenters. The second kappa shape index (κ2) is 21.8. The lowest BCUT2D eigenvalue weighted by atomic mass is 10.0. The second-order valence-corrected chi connectivity index (χ2v) is 13.8. The van der Waals surface area contributed by atoms with Crippen molar-refractivity contribution in [1.29, 1.82) is 0 Å². The molecule has 51 heavy (non-hydrogen) atoms. The first-order chi connectivity index (χ1) is 24.4. The number of alkyl halides is 3. The number of nitrogens with zero attached hydrogens (tertiary/aromatic N) is 1. The molecule has 0 saturated carbocycles. The Morgan fingerprint density at radius 1 is 0.843 bits per heavy atom. The highest BCUT2D eigenvalue weighted by atomic mass is 32.2. The molecule has 2 aliphatic rings. The molecule has 4 rings (SSSR count). The molecule has 5 N–H and O–H groups in total. The maximum absolute atomic E-state index is 12.1. The van der Waals surface area contributed by atoms with Gasteiger partial charge in [0.15, 0.2) is 12.4 Å². The molecule has 15 heteroatoms. The van der Waals surface area contributed by atoms with Gasteiger partial charge in [-0.15, -0.1) is 0 Å². The Balaban J connectivity index is 0.000000908. The molecular weight excluding hydrogens is 687 g/mol. The fourth-order valence-corrected chi connectivity index (χ4v) is 7.14. The van der Waals surface area contributed by atoms with Crippen LogP contribution in [0.5, 0.6) is 5.75 Å². The summed E-state index contributed by atoms with van der Waals surface area (Å²) in [5.41, 5.74) is 2.16. The first-order valence-corrected chi connectivity index (χ1v) is 18.4. The fourth-order valence-electron chi connectivity index (χ4n) is 5.60. The summed E-state index contributed by atoms with van der Waals surface area (Å²) in [6, 6.07) is 11.7. The summed E-state index contributed by atoms with van der Waals surface area (Å²) in [5, 5.41) is 30.6. The number of fused-ring (bicyclic) bond motifs is 1. The zero-order valence-electron chi connectivity index (χ0n) is 28.6. The van der Waals surface area contributed by atoms with Crippen LogP contribution in [0, 0.1) is 0 Å². The largest absolute Gasteiger partial charge is 0.542 e. The molecule has 2 saturated heterocycles. The summed E-state index contributed by atoms with van der Waals surface area (Å²) < 4.78 is 33.7. The number of urea groups is 1. The highest BCUT2D eigenvalue weighted by Crippen LogP contribution is 2.33. The van der Waals surface area contributed by atoms with Crippen LogP contribution in [0.1, 0.15) is 81.8 Å². The number of aryl methyl sites for hydroxylation is 1. The lowest BCUT2D eigenvalue weighted by molar-refractivity contribution is -0.697. The molecule has 0 radical (unpaired) electrons. The van der Waals surface area contributed by atoms with E-state index in [4.69, 9.17) is 9.90 Å². The fraction of sp³-hybridized carbons (Fsp3) is 0.528. The number of aliphatic carboxylic acids is 1. The topological polar surface area (TPSA) is 164 Å². The first-order valence-electron chi connectivity index (χ1n) is 17.4. The van der Waals surface area contributed by atoms with Crippen LogP contribution in [-0.4, -0.2) is 71.3 Å². The maximum Gasteiger partial charge on any atom is 0.430 e. The van der Waals surface area contributed by atoms with E-state index in [1.807, 2.05) is 30.0 Å². The van der Waals surface area contributed by atoms with Crippen LogP contribution in [0.15, 0.2) is 48.8 Å². The Kier molecular flexibility index (Phi) is 17.6. The molecule has 0 spiro atoms. The number of aromatic hydroxyl groups is 1.